The molecule has 1 aliphatic heterocycles. The van der Waals surface area contributed by atoms with Crippen molar-refractivity contribution in [3.63, 3.8) is 0 Å². The molecule has 10 rings (SSSR count). The normalized spacial score (nSPS) is 13.2. The maximum atomic E-state index is 13.2. The molecule has 0 saturated carbocycles. The highest BCUT2D eigenvalue weighted by atomic mass is 16.5. The Kier molecular flexibility index (Phi) is 9.35. The van der Waals surface area contributed by atoms with Crippen LogP contribution in [0.4, 0.5) is 17.1 Å². The summed E-state index contributed by atoms with van der Waals surface area (Å²) in [6.45, 7) is 0. The molecule has 8 aromatic rings. The number of para-hydroxylation sites is 1. The van der Waals surface area contributed by atoms with Gasteiger partial charge in [-0.15, -0.1) is 0 Å². The molecule has 6 nitrogen and oxygen atoms in total. The van der Waals surface area contributed by atoms with Gasteiger partial charge >= 0.3 is 5.97 Å². The van der Waals surface area contributed by atoms with Crippen molar-refractivity contribution in [1.29, 1.82) is 0 Å². The third-order valence-electron chi connectivity index (χ3n) is 11.2. The first-order valence-electron chi connectivity index (χ1n) is 19.9. The van der Waals surface area contributed by atoms with Crippen molar-refractivity contribution in [2.24, 2.45) is 0 Å². The standard InChI is InChI=1S/C55H35NO5/c57-53-45-27-24-43(55(59)60)32-47(45)54(58)48(53)31-36-18-22-38(23-19-36)42-26-29-50-52(34-42)61-51-33-41(25-28-49(51)56(50)44-14-8-3-9-15-44)37-20-16-35(17-21-37)30-46(39-10-4-1-5-11-39)40-12-6-2-7-13-40/h1-34H,(H,59,60)/b48-31+. The van der Waals surface area contributed by atoms with E-state index in [4.69, 9.17) is 4.74 Å². The van der Waals surface area contributed by atoms with Gasteiger partial charge in [0, 0.05) is 16.8 Å². The van der Waals surface area contributed by atoms with E-state index >= 15 is 0 Å². The number of carboxylic acid groups (broad SMARTS) is 1. The van der Waals surface area contributed by atoms with Crippen LogP contribution in [0, 0.1) is 0 Å². The average Bonchev–Trinajstić information content (AvgIpc) is 3.54. The van der Waals surface area contributed by atoms with Gasteiger partial charge in [-0.25, -0.2) is 4.79 Å². The number of nitrogens with zero attached hydrogens (tertiary/aromatic N) is 1. The van der Waals surface area contributed by atoms with Crippen molar-refractivity contribution >= 4 is 52.3 Å². The number of carbonyl (C=O) groups is 3. The number of aromatic carboxylic acids is 1. The Morgan fingerprint density at radius 3 is 1.51 bits per heavy atom. The van der Waals surface area contributed by atoms with E-state index in [1.807, 2.05) is 60.7 Å². The van der Waals surface area contributed by atoms with E-state index in [2.05, 4.69) is 126 Å². The molecule has 0 bridgehead atoms. The van der Waals surface area contributed by atoms with Crippen LogP contribution in [-0.2, 0) is 0 Å². The summed E-state index contributed by atoms with van der Waals surface area (Å²) in [4.78, 5) is 40.0. The highest BCUT2D eigenvalue weighted by molar-refractivity contribution is 6.41. The fourth-order valence-corrected chi connectivity index (χ4v) is 8.06. The molecule has 0 atom stereocenters. The lowest BCUT2D eigenvalue weighted by molar-refractivity contribution is 0.0696. The zero-order valence-corrected chi connectivity index (χ0v) is 32.7. The molecular weight excluding hydrogens is 755 g/mol. The van der Waals surface area contributed by atoms with Gasteiger partial charge in [0.1, 0.15) is 0 Å². The molecule has 1 aliphatic carbocycles. The van der Waals surface area contributed by atoms with Gasteiger partial charge in [-0.3, -0.25) is 9.59 Å². The summed E-state index contributed by atoms with van der Waals surface area (Å²) >= 11 is 0. The summed E-state index contributed by atoms with van der Waals surface area (Å²) < 4.78 is 6.75. The van der Waals surface area contributed by atoms with E-state index < -0.39 is 17.5 Å². The SMILES string of the molecule is O=C(O)c1ccc2c(c1)C(=O)/C(=C/c1ccc(-c3ccc4c(c3)Oc3cc(-c5ccc(C=C(c6ccccc6)c6ccccc6)cc5)ccc3N4c3ccccc3)cc1)C2=O. The summed E-state index contributed by atoms with van der Waals surface area (Å²) in [6.07, 6.45) is 3.80. The van der Waals surface area contributed by atoms with E-state index in [0.717, 1.165) is 67.3 Å². The topological polar surface area (TPSA) is 83.9 Å². The monoisotopic (exact) mass is 789 g/mol. The summed E-state index contributed by atoms with van der Waals surface area (Å²) in [7, 11) is 0. The van der Waals surface area contributed by atoms with Gasteiger partial charge in [-0.2, -0.15) is 0 Å². The van der Waals surface area contributed by atoms with Crippen molar-refractivity contribution in [2.75, 3.05) is 4.90 Å². The predicted molar refractivity (Wildman–Crippen MR) is 242 cm³/mol. The van der Waals surface area contributed by atoms with E-state index in [1.54, 1.807) is 6.08 Å². The van der Waals surface area contributed by atoms with E-state index in [1.165, 1.54) is 18.2 Å². The first kappa shape index (κ1) is 37.0. The number of allylic oxidation sites excluding steroid dienone is 1. The van der Waals surface area contributed by atoms with Gasteiger partial charge in [0.25, 0.3) is 0 Å². The third kappa shape index (κ3) is 7.02. The highest BCUT2D eigenvalue weighted by Gasteiger charge is 2.34. The van der Waals surface area contributed by atoms with Gasteiger partial charge in [0.2, 0.25) is 0 Å². The Bertz CT molecular complexity index is 3040. The fraction of sp³-hybridized carbons (Fsp3) is 0. The Balaban J connectivity index is 0.947. The van der Waals surface area contributed by atoms with Crippen LogP contribution in [0.2, 0.25) is 0 Å². The number of ketones is 2. The zero-order chi connectivity index (χ0) is 41.5. The fourth-order valence-electron chi connectivity index (χ4n) is 8.06. The Morgan fingerprint density at radius 2 is 0.967 bits per heavy atom. The number of carboxylic acids is 1. The van der Waals surface area contributed by atoms with Crippen LogP contribution >= 0.6 is 0 Å². The van der Waals surface area contributed by atoms with Crippen LogP contribution in [0.5, 0.6) is 11.5 Å². The molecule has 0 spiro atoms. The number of Topliss-reactive ketones (excluding diaryl/α,β-unsaturated/α-hetero) is 2. The molecule has 8 aromatic carbocycles. The molecule has 0 fully saturated rings. The number of fused-ring (bicyclic) bond motifs is 3. The van der Waals surface area contributed by atoms with Crippen molar-refractivity contribution in [1.82, 2.24) is 0 Å². The van der Waals surface area contributed by atoms with Crippen LogP contribution < -0.4 is 9.64 Å². The molecule has 0 aromatic heterocycles. The summed E-state index contributed by atoms with van der Waals surface area (Å²) in [5.74, 6) is -0.611. The molecule has 0 radical (unpaired) electrons. The molecule has 0 saturated heterocycles. The van der Waals surface area contributed by atoms with Crippen LogP contribution in [0.15, 0.2) is 200 Å². The quantitative estimate of drug-likeness (QED) is 0.0937. The molecule has 1 N–H and O–H groups in total. The molecule has 1 heterocycles. The first-order chi connectivity index (χ1) is 29.9. The minimum Gasteiger partial charge on any atom is -0.478 e. The van der Waals surface area contributed by atoms with E-state index in [0.29, 0.717) is 11.3 Å². The van der Waals surface area contributed by atoms with Crippen molar-refractivity contribution in [3.8, 4) is 33.8 Å². The number of hydrogen-bond donors (Lipinski definition) is 1. The van der Waals surface area contributed by atoms with Gasteiger partial charge in [-0.05, 0) is 117 Å². The lowest BCUT2D eigenvalue weighted by atomic mass is 9.95. The Labute approximate surface area is 352 Å². The number of carbonyl (C=O) groups excluding carboxylic acids is 2. The largest absolute Gasteiger partial charge is 0.478 e. The second kappa shape index (κ2) is 15.4. The van der Waals surface area contributed by atoms with Crippen LogP contribution in [0.1, 0.15) is 53.3 Å². The first-order valence-corrected chi connectivity index (χ1v) is 19.9. The van der Waals surface area contributed by atoms with Crippen molar-refractivity contribution in [3.05, 3.63) is 239 Å². The number of rotatable bonds is 8. The van der Waals surface area contributed by atoms with Gasteiger partial charge < -0.3 is 14.7 Å². The molecule has 2 aliphatic rings. The van der Waals surface area contributed by atoms with Crippen LogP contribution in [-0.4, -0.2) is 22.6 Å². The molecule has 6 heteroatoms. The maximum absolute atomic E-state index is 13.2. The minimum atomic E-state index is -1.15. The number of benzene rings is 8. The number of hydrogen-bond acceptors (Lipinski definition) is 5. The Morgan fingerprint density at radius 1 is 0.475 bits per heavy atom. The van der Waals surface area contributed by atoms with Crippen molar-refractivity contribution in [2.45, 2.75) is 0 Å². The predicted octanol–water partition coefficient (Wildman–Crippen LogP) is 13.3. The van der Waals surface area contributed by atoms with E-state index in [-0.39, 0.29) is 22.3 Å². The summed E-state index contributed by atoms with van der Waals surface area (Å²) in [5, 5.41) is 9.38. The summed E-state index contributed by atoms with van der Waals surface area (Å²) in [6, 6.07) is 63.9. The van der Waals surface area contributed by atoms with Gasteiger partial charge in [0.05, 0.1) is 22.5 Å². The molecule has 61 heavy (non-hydrogen) atoms. The smallest absolute Gasteiger partial charge is 0.335 e. The third-order valence-corrected chi connectivity index (χ3v) is 11.2. The minimum absolute atomic E-state index is 0.0135. The molecule has 0 unspecified atom stereocenters. The van der Waals surface area contributed by atoms with E-state index in [9.17, 15) is 19.5 Å². The maximum Gasteiger partial charge on any atom is 0.335 e. The number of anilines is 3. The summed E-state index contributed by atoms with van der Waals surface area (Å²) in [5.41, 5.74) is 12.4. The van der Waals surface area contributed by atoms with Crippen LogP contribution in [0.3, 0.4) is 0 Å². The zero-order valence-electron chi connectivity index (χ0n) is 32.7. The van der Waals surface area contributed by atoms with Crippen molar-refractivity contribution < 1.29 is 24.2 Å². The Hall–Kier alpha value is -8.35. The highest BCUT2D eigenvalue weighted by Crippen LogP contribution is 2.52. The lowest BCUT2D eigenvalue weighted by Gasteiger charge is -2.33. The molecular formula is C55H35NO5. The molecule has 290 valence electrons. The number of ether oxygens (including phenoxy) is 1. The molecule has 0 amide bonds. The average molecular weight is 790 g/mol. The second-order valence-corrected chi connectivity index (χ2v) is 15.0. The lowest BCUT2D eigenvalue weighted by Crippen LogP contribution is -2.15. The van der Waals surface area contributed by atoms with Crippen LogP contribution in [0.25, 0.3) is 40.0 Å². The van der Waals surface area contributed by atoms with Gasteiger partial charge in [0.15, 0.2) is 23.1 Å². The van der Waals surface area contributed by atoms with Gasteiger partial charge in [-0.1, -0.05) is 140 Å². The second-order valence-electron chi connectivity index (χ2n) is 15.0.